The zero-order valence-electron chi connectivity index (χ0n) is 7.07. The highest BCUT2D eigenvalue weighted by molar-refractivity contribution is 5.96. The maximum absolute atomic E-state index is 11.2. The lowest BCUT2D eigenvalue weighted by Crippen LogP contribution is -2.62. The van der Waals surface area contributed by atoms with Gasteiger partial charge in [0.15, 0.2) is 0 Å². The van der Waals surface area contributed by atoms with E-state index in [1.54, 1.807) is 6.92 Å². The second-order valence-corrected chi connectivity index (χ2v) is 2.88. The third-order valence-electron chi connectivity index (χ3n) is 2.02. The number of piperazine rings is 1. The SMILES string of the molecule is C[C@@H]1NC(=O)[C@@H](CO)N(C)C1=O. The van der Waals surface area contributed by atoms with Crippen molar-refractivity contribution in [1.82, 2.24) is 10.2 Å². The quantitative estimate of drug-likeness (QED) is 0.496. The molecule has 1 rings (SSSR count). The molecule has 1 fully saturated rings. The third kappa shape index (κ3) is 1.27. The summed E-state index contributed by atoms with van der Waals surface area (Å²) < 4.78 is 0. The van der Waals surface area contributed by atoms with Crippen molar-refractivity contribution in [1.29, 1.82) is 0 Å². The van der Waals surface area contributed by atoms with Crippen molar-refractivity contribution in [2.45, 2.75) is 19.0 Å². The van der Waals surface area contributed by atoms with Gasteiger partial charge in [0.1, 0.15) is 12.1 Å². The molecule has 0 radical (unpaired) electrons. The molecule has 2 N–H and O–H groups in total. The minimum atomic E-state index is -0.728. The molecule has 0 bridgehead atoms. The van der Waals surface area contributed by atoms with Crippen molar-refractivity contribution in [3.63, 3.8) is 0 Å². The van der Waals surface area contributed by atoms with Gasteiger partial charge in [-0.15, -0.1) is 0 Å². The molecule has 12 heavy (non-hydrogen) atoms. The smallest absolute Gasteiger partial charge is 0.245 e. The van der Waals surface area contributed by atoms with Gasteiger partial charge in [0.2, 0.25) is 11.8 Å². The lowest BCUT2D eigenvalue weighted by atomic mass is 10.1. The summed E-state index contributed by atoms with van der Waals surface area (Å²) in [5.74, 6) is -0.472. The van der Waals surface area contributed by atoms with Gasteiger partial charge in [0, 0.05) is 7.05 Å². The van der Waals surface area contributed by atoms with Crippen molar-refractivity contribution in [2.75, 3.05) is 13.7 Å². The fraction of sp³-hybridized carbons (Fsp3) is 0.714. The average Bonchev–Trinajstić information content (AvgIpc) is 2.01. The molecular weight excluding hydrogens is 160 g/mol. The van der Waals surface area contributed by atoms with Gasteiger partial charge >= 0.3 is 0 Å². The van der Waals surface area contributed by atoms with E-state index in [0.717, 1.165) is 0 Å². The molecule has 1 aliphatic rings. The summed E-state index contributed by atoms with van der Waals surface area (Å²) in [6.07, 6.45) is 0. The van der Waals surface area contributed by atoms with Crippen LogP contribution in [0.5, 0.6) is 0 Å². The predicted molar refractivity (Wildman–Crippen MR) is 41.2 cm³/mol. The number of amides is 2. The number of carbonyl (C=O) groups is 2. The van der Waals surface area contributed by atoms with E-state index in [2.05, 4.69) is 5.32 Å². The molecule has 2 atom stereocenters. The summed E-state index contributed by atoms with van der Waals surface area (Å²) in [6.45, 7) is 1.28. The van der Waals surface area contributed by atoms with Gasteiger partial charge < -0.3 is 15.3 Å². The predicted octanol–water partition coefficient (Wildman–Crippen LogP) is -1.68. The van der Waals surface area contributed by atoms with E-state index < -0.39 is 12.1 Å². The Balaban J connectivity index is 2.79. The summed E-state index contributed by atoms with van der Waals surface area (Å²) >= 11 is 0. The topological polar surface area (TPSA) is 69.6 Å². The van der Waals surface area contributed by atoms with E-state index in [-0.39, 0.29) is 18.4 Å². The number of hydrogen-bond acceptors (Lipinski definition) is 3. The van der Waals surface area contributed by atoms with Gasteiger partial charge in [-0.05, 0) is 6.92 Å². The van der Waals surface area contributed by atoms with Crippen LogP contribution in [0.4, 0.5) is 0 Å². The van der Waals surface area contributed by atoms with E-state index in [4.69, 9.17) is 5.11 Å². The van der Waals surface area contributed by atoms with Crippen LogP contribution in [0.25, 0.3) is 0 Å². The van der Waals surface area contributed by atoms with Crippen LogP contribution in [-0.4, -0.2) is 47.6 Å². The normalized spacial score (nSPS) is 30.4. The lowest BCUT2D eigenvalue weighted by molar-refractivity contribution is -0.148. The van der Waals surface area contributed by atoms with Crippen molar-refractivity contribution in [2.24, 2.45) is 0 Å². The summed E-state index contributed by atoms with van der Waals surface area (Å²) in [5.41, 5.74) is 0. The fourth-order valence-corrected chi connectivity index (χ4v) is 1.21. The maximum Gasteiger partial charge on any atom is 0.245 e. The molecule has 2 amide bonds. The van der Waals surface area contributed by atoms with E-state index in [9.17, 15) is 9.59 Å². The number of aliphatic hydroxyl groups excluding tert-OH is 1. The first-order chi connectivity index (χ1) is 5.57. The standard InChI is InChI=1S/C7H12N2O3/c1-4-7(12)9(2)5(3-10)6(11)8-4/h4-5,10H,3H2,1-2H3,(H,8,11)/t4-,5+/m0/s1. The Morgan fingerprint density at radius 2 is 2.17 bits per heavy atom. The maximum atomic E-state index is 11.2. The number of carbonyl (C=O) groups excluding carboxylic acids is 2. The van der Waals surface area contributed by atoms with Gasteiger partial charge in [-0.2, -0.15) is 0 Å². The zero-order chi connectivity index (χ0) is 9.30. The van der Waals surface area contributed by atoms with Gasteiger partial charge in [-0.3, -0.25) is 9.59 Å². The van der Waals surface area contributed by atoms with Crippen molar-refractivity contribution < 1.29 is 14.7 Å². The summed E-state index contributed by atoms with van der Waals surface area (Å²) in [5, 5.41) is 11.3. The molecular formula is C7H12N2O3. The van der Waals surface area contributed by atoms with Crippen LogP contribution in [0, 0.1) is 0 Å². The van der Waals surface area contributed by atoms with Crippen LogP contribution in [0.3, 0.4) is 0 Å². The molecule has 0 unspecified atom stereocenters. The van der Waals surface area contributed by atoms with Crippen LogP contribution in [0.15, 0.2) is 0 Å². The minimum Gasteiger partial charge on any atom is -0.394 e. The highest BCUT2D eigenvalue weighted by Gasteiger charge is 2.35. The van der Waals surface area contributed by atoms with Gasteiger partial charge in [-0.1, -0.05) is 0 Å². The summed E-state index contributed by atoms with van der Waals surface area (Å²) in [4.78, 5) is 23.6. The summed E-state index contributed by atoms with van der Waals surface area (Å²) in [7, 11) is 1.51. The molecule has 1 saturated heterocycles. The Morgan fingerprint density at radius 3 is 2.67 bits per heavy atom. The van der Waals surface area contributed by atoms with Crippen LogP contribution in [0.1, 0.15) is 6.92 Å². The van der Waals surface area contributed by atoms with Crippen LogP contribution in [0.2, 0.25) is 0 Å². The van der Waals surface area contributed by atoms with E-state index >= 15 is 0 Å². The molecule has 5 heteroatoms. The number of rotatable bonds is 1. The molecule has 5 nitrogen and oxygen atoms in total. The van der Waals surface area contributed by atoms with Crippen molar-refractivity contribution in [3.8, 4) is 0 Å². The molecule has 0 spiro atoms. The highest BCUT2D eigenvalue weighted by Crippen LogP contribution is 2.06. The minimum absolute atomic E-state index is 0.173. The average molecular weight is 172 g/mol. The Hall–Kier alpha value is -1.10. The molecule has 0 aromatic carbocycles. The molecule has 0 aromatic rings. The molecule has 1 heterocycles. The highest BCUT2D eigenvalue weighted by atomic mass is 16.3. The monoisotopic (exact) mass is 172 g/mol. The van der Waals surface area contributed by atoms with E-state index in [0.29, 0.717) is 0 Å². The van der Waals surface area contributed by atoms with Crippen LogP contribution < -0.4 is 5.32 Å². The number of nitrogens with zero attached hydrogens (tertiary/aromatic N) is 1. The lowest BCUT2D eigenvalue weighted by Gasteiger charge is -2.33. The number of aliphatic hydroxyl groups is 1. The molecule has 1 aliphatic heterocycles. The van der Waals surface area contributed by atoms with Crippen LogP contribution >= 0.6 is 0 Å². The Morgan fingerprint density at radius 1 is 1.58 bits per heavy atom. The molecule has 0 saturated carbocycles. The van der Waals surface area contributed by atoms with Gasteiger partial charge in [-0.25, -0.2) is 0 Å². The number of likely N-dealkylation sites (N-methyl/N-ethyl adjacent to an activating group) is 1. The molecule has 0 aliphatic carbocycles. The first kappa shape index (κ1) is 8.99. The Labute approximate surface area is 70.4 Å². The fourth-order valence-electron chi connectivity index (χ4n) is 1.21. The second kappa shape index (κ2) is 3.10. The first-order valence-corrected chi connectivity index (χ1v) is 3.76. The van der Waals surface area contributed by atoms with Gasteiger partial charge in [0.05, 0.1) is 6.61 Å². The second-order valence-electron chi connectivity index (χ2n) is 2.88. The van der Waals surface area contributed by atoms with Crippen molar-refractivity contribution >= 4 is 11.8 Å². The third-order valence-corrected chi connectivity index (χ3v) is 2.02. The largest absolute Gasteiger partial charge is 0.394 e. The van der Waals surface area contributed by atoms with E-state index in [1.807, 2.05) is 0 Å². The number of hydrogen-bond donors (Lipinski definition) is 2. The zero-order valence-corrected chi connectivity index (χ0v) is 7.07. The Bertz CT molecular complexity index is 217. The molecule has 0 aromatic heterocycles. The first-order valence-electron chi connectivity index (χ1n) is 3.76. The van der Waals surface area contributed by atoms with Crippen LogP contribution in [-0.2, 0) is 9.59 Å². The van der Waals surface area contributed by atoms with Crippen molar-refractivity contribution in [3.05, 3.63) is 0 Å². The summed E-state index contributed by atoms with van der Waals surface area (Å²) in [6, 6.07) is -1.21. The molecule has 68 valence electrons. The Kier molecular flexibility index (Phi) is 2.32. The van der Waals surface area contributed by atoms with Gasteiger partial charge in [0.25, 0.3) is 0 Å². The van der Waals surface area contributed by atoms with E-state index in [1.165, 1.54) is 11.9 Å². The number of nitrogens with one attached hydrogen (secondary N) is 1.